The van der Waals surface area contributed by atoms with Gasteiger partial charge in [0.15, 0.2) is 6.61 Å². The number of ether oxygens (including phenoxy) is 1. The fourth-order valence-electron chi connectivity index (χ4n) is 1.94. The van der Waals surface area contributed by atoms with Gasteiger partial charge in [-0.2, -0.15) is 0 Å². The lowest BCUT2D eigenvalue weighted by molar-refractivity contribution is -0.125. The van der Waals surface area contributed by atoms with Crippen molar-refractivity contribution >= 4 is 29.1 Å². The summed E-state index contributed by atoms with van der Waals surface area (Å²) in [4.78, 5) is 23.5. The van der Waals surface area contributed by atoms with Crippen molar-refractivity contribution in [2.45, 2.75) is 13.3 Å². The Balaban J connectivity index is 1.70. The van der Waals surface area contributed by atoms with Gasteiger partial charge < -0.3 is 15.4 Å². The molecule has 0 bridgehead atoms. The number of nitrogens with one attached hydrogen (secondary N) is 2. The summed E-state index contributed by atoms with van der Waals surface area (Å²) < 4.78 is 5.30. The van der Waals surface area contributed by atoms with E-state index in [4.69, 9.17) is 16.3 Å². The third kappa shape index (κ3) is 5.93. The summed E-state index contributed by atoms with van der Waals surface area (Å²) in [6.45, 7) is 1.79. The Labute approximate surface area is 146 Å². The van der Waals surface area contributed by atoms with Gasteiger partial charge in [0.25, 0.3) is 5.91 Å². The maximum atomic E-state index is 11.8. The lowest BCUT2D eigenvalue weighted by atomic mass is 10.1. The minimum absolute atomic E-state index is 0.113. The maximum absolute atomic E-state index is 11.8. The summed E-state index contributed by atoms with van der Waals surface area (Å²) in [6, 6.07) is 14.3. The number of benzene rings is 2. The number of aryl methyl sites for hydroxylation is 1. The lowest BCUT2D eigenvalue weighted by Crippen LogP contribution is -2.35. The van der Waals surface area contributed by atoms with E-state index in [2.05, 4.69) is 17.6 Å². The lowest BCUT2D eigenvalue weighted by Gasteiger charge is -2.09. The van der Waals surface area contributed by atoms with E-state index < -0.39 is 0 Å². The SMILES string of the molecule is CCc1ccc(NC(=O)CNC(=O)COc2ccc(Cl)cc2)cc1. The highest BCUT2D eigenvalue weighted by molar-refractivity contribution is 6.30. The Morgan fingerprint density at radius 1 is 1.00 bits per heavy atom. The largest absolute Gasteiger partial charge is 0.484 e. The highest BCUT2D eigenvalue weighted by atomic mass is 35.5. The molecular weight excluding hydrogens is 328 g/mol. The number of amides is 2. The van der Waals surface area contributed by atoms with Crippen molar-refractivity contribution in [3.63, 3.8) is 0 Å². The number of halogens is 1. The molecular formula is C18H19ClN2O3. The molecule has 0 aliphatic rings. The van der Waals surface area contributed by atoms with E-state index in [1.165, 1.54) is 5.56 Å². The van der Waals surface area contributed by atoms with E-state index in [1.54, 1.807) is 24.3 Å². The molecule has 0 atom stereocenters. The Morgan fingerprint density at radius 3 is 2.29 bits per heavy atom. The zero-order valence-electron chi connectivity index (χ0n) is 13.3. The molecule has 5 nitrogen and oxygen atoms in total. The first kappa shape index (κ1) is 17.8. The smallest absolute Gasteiger partial charge is 0.258 e. The monoisotopic (exact) mass is 346 g/mol. The van der Waals surface area contributed by atoms with Crippen molar-refractivity contribution in [1.29, 1.82) is 0 Å². The first-order valence-corrected chi connectivity index (χ1v) is 7.98. The van der Waals surface area contributed by atoms with Crippen LogP contribution in [0.5, 0.6) is 5.75 Å². The molecule has 0 aliphatic heterocycles. The van der Waals surface area contributed by atoms with E-state index >= 15 is 0 Å². The molecule has 0 aromatic heterocycles. The Morgan fingerprint density at radius 2 is 1.67 bits per heavy atom. The van der Waals surface area contributed by atoms with Gasteiger partial charge in [0.05, 0.1) is 6.54 Å². The van der Waals surface area contributed by atoms with Gasteiger partial charge in [0, 0.05) is 10.7 Å². The number of anilines is 1. The Kier molecular flexibility index (Phi) is 6.63. The van der Waals surface area contributed by atoms with Crippen LogP contribution in [0.2, 0.25) is 5.02 Å². The molecule has 0 radical (unpaired) electrons. The molecule has 6 heteroatoms. The average Bonchev–Trinajstić information content (AvgIpc) is 2.60. The van der Waals surface area contributed by atoms with Crippen LogP contribution in [0.25, 0.3) is 0 Å². The van der Waals surface area contributed by atoms with Crippen LogP contribution in [0.4, 0.5) is 5.69 Å². The highest BCUT2D eigenvalue weighted by Crippen LogP contribution is 2.15. The van der Waals surface area contributed by atoms with Crippen LogP contribution < -0.4 is 15.4 Å². The van der Waals surface area contributed by atoms with Gasteiger partial charge in [0.2, 0.25) is 5.91 Å². The first-order chi connectivity index (χ1) is 11.6. The normalized spacial score (nSPS) is 10.1. The third-order valence-electron chi connectivity index (χ3n) is 3.28. The van der Waals surface area contributed by atoms with Crippen LogP contribution in [0, 0.1) is 0 Å². The molecule has 0 aliphatic carbocycles. The predicted octanol–water partition coefficient (Wildman–Crippen LogP) is 3.04. The zero-order valence-corrected chi connectivity index (χ0v) is 14.1. The molecule has 126 valence electrons. The summed E-state index contributed by atoms with van der Waals surface area (Å²) in [6.07, 6.45) is 0.942. The fourth-order valence-corrected chi connectivity index (χ4v) is 2.06. The fraction of sp³-hybridized carbons (Fsp3) is 0.222. The zero-order chi connectivity index (χ0) is 17.4. The van der Waals surface area contributed by atoms with Crippen molar-refractivity contribution < 1.29 is 14.3 Å². The summed E-state index contributed by atoms with van der Waals surface area (Å²) in [5.41, 5.74) is 1.89. The van der Waals surface area contributed by atoms with Gasteiger partial charge in [-0.1, -0.05) is 30.7 Å². The van der Waals surface area contributed by atoms with E-state index in [9.17, 15) is 9.59 Å². The molecule has 0 saturated carbocycles. The number of carbonyl (C=O) groups is 2. The van der Waals surface area contributed by atoms with E-state index in [0.717, 1.165) is 6.42 Å². The summed E-state index contributed by atoms with van der Waals surface area (Å²) in [5, 5.41) is 5.82. The third-order valence-corrected chi connectivity index (χ3v) is 3.53. The van der Waals surface area contributed by atoms with Crippen molar-refractivity contribution in [2.75, 3.05) is 18.5 Å². The van der Waals surface area contributed by atoms with Crippen LogP contribution in [0.3, 0.4) is 0 Å². The van der Waals surface area contributed by atoms with Crippen LogP contribution >= 0.6 is 11.6 Å². The van der Waals surface area contributed by atoms with Crippen molar-refractivity contribution in [3.8, 4) is 5.75 Å². The van der Waals surface area contributed by atoms with Gasteiger partial charge >= 0.3 is 0 Å². The van der Waals surface area contributed by atoms with Gasteiger partial charge in [-0.3, -0.25) is 9.59 Å². The molecule has 0 saturated heterocycles. The van der Waals surface area contributed by atoms with Crippen LogP contribution in [-0.4, -0.2) is 25.0 Å². The van der Waals surface area contributed by atoms with Gasteiger partial charge in [-0.05, 0) is 48.4 Å². The number of carbonyl (C=O) groups excluding carboxylic acids is 2. The average molecular weight is 347 g/mol. The number of hydrogen-bond donors (Lipinski definition) is 2. The minimum atomic E-state index is -0.374. The second kappa shape index (κ2) is 8.93. The Bertz CT molecular complexity index is 684. The summed E-state index contributed by atoms with van der Waals surface area (Å²) in [5.74, 6) is -0.129. The van der Waals surface area contributed by atoms with E-state index in [0.29, 0.717) is 16.5 Å². The van der Waals surface area contributed by atoms with Gasteiger partial charge in [0.1, 0.15) is 5.75 Å². The van der Waals surface area contributed by atoms with Crippen LogP contribution in [0.15, 0.2) is 48.5 Å². The molecule has 0 fully saturated rings. The van der Waals surface area contributed by atoms with E-state index in [-0.39, 0.29) is 25.0 Å². The molecule has 2 rings (SSSR count). The quantitative estimate of drug-likeness (QED) is 0.809. The van der Waals surface area contributed by atoms with Crippen molar-refractivity contribution in [1.82, 2.24) is 5.32 Å². The molecule has 2 aromatic carbocycles. The second-order valence-corrected chi connectivity index (χ2v) is 5.55. The Hall–Kier alpha value is -2.53. The molecule has 0 spiro atoms. The molecule has 2 aromatic rings. The number of rotatable bonds is 7. The predicted molar refractivity (Wildman–Crippen MR) is 94.4 cm³/mol. The van der Waals surface area contributed by atoms with Crippen molar-refractivity contribution in [2.24, 2.45) is 0 Å². The van der Waals surface area contributed by atoms with Gasteiger partial charge in [-0.15, -0.1) is 0 Å². The number of hydrogen-bond acceptors (Lipinski definition) is 3. The highest BCUT2D eigenvalue weighted by Gasteiger charge is 2.07. The molecule has 0 heterocycles. The molecule has 24 heavy (non-hydrogen) atoms. The molecule has 0 unspecified atom stereocenters. The summed E-state index contributed by atoms with van der Waals surface area (Å²) in [7, 11) is 0. The standard InChI is InChI=1S/C18H19ClN2O3/c1-2-13-3-7-15(8-4-13)21-17(22)11-20-18(23)12-24-16-9-5-14(19)6-10-16/h3-10H,2,11-12H2,1H3,(H,20,23)(H,21,22). The van der Waals surface area contributed by atoms with Crippen LogP contribution in [-0.2, 0) is 16.0 Å². The molecule has 2 N–H and O–H groups in total. The second-order valence-electron chi connectivity index (χ2n) is 5.12. The topological polar surface area (TPSA) is 67.4 Å². The first-order valence-electron chi connectivity index (χ1n) is 7.60. The molecule has 2 amide bonds. The van der Waals surface area contributed by atoms with Crippen molar-refractivity contribution in [3.05, 3.63) is 59.1 Å². The summed E-state index contributed by atoms with van der Waals surface area (Å²) >= 11 is 5.76. The maximum Gasteiger partial charge on any atom is 0.258 e. The minimum Gasteiger partial charge on any atom is -0.484 e. The van der Waals surface area contributed by atoms with Gasteiger partial charge in [-0.25, -0.2) is 0 Å². The van der Waals surface area contributed by atoms with Crippen LogP contribution in [0.1, 0.15) is 12.5 Å². The van der Waals surface area contributed by atoms with E-state index in [1.807, 2.05) is 24.3 Å².